The van der Waals surface area contributed by atoms with Crippen molar-refractivity contribution in [2.24, 2.45) is 0 Å². The molecule has 1 atom stereocenters. The van der Waals surface area contributed by atoms with Crippen LogP contribution in [0.25, 0.3) is 0 Å². The van der Waals surface area contributed by atoms with Crippen molar-refractivity contribution in [3.8, 4) is 5.75 Å². The average molecular weight is 360 g/mol. The average Bonchev–Trinajstić information content (AvgIpc) is 2.52. The Bertz CT molecular complexity index is 782. The molecule has 0 aliphatic heterocycles. The Kier molecular flexibility index (Phi) is 5.19. The molecule has 4 nitrogen and oxygen atoms in total. The zero-order chi connectivity index (χ0) is 18.0. The first-order valence-corrected chi connectivity index (χ1v) is 8.25. The van der Waals surface area contributed by atoms with Crippen LogP contribution in [0.2, 0.25) is 0 Å². The molecule has 0 amide bonds. The van der Waals surface area contributed by atoms with Gasteiger partial charge in [0.05, 0.1) is 12.0 Å². The molecule has 2 aromatic carbocycles. The van der Waals surface area contributed by atoms with Gasteiger partial charge in [0.25, 0.3) is 10.1 Å². The van der Waals surface area contributed by atoms with Crippen LogP contribution in [0, 0.1) is 6.92 Å². The van der Waals surface area contributed by atoms with Crippen molar-refractivity contribution in [2.75, 3.05) is 7.11 Å². The zero-order valence-electron chi connectivity index (χ0n) is 12.9. The third kappa shape index (κ3) is 4.27. The highest BCUT2D eigenvalue weighted by Gasteiger charge is 2.45. The van der Waals surface area contributed by atoms with E-state index in [0.717, 1.165) is 17.7 Å². The minimum absolute atomic E-state index is 0.334. The second-order valence-corrected chi connectivity index (χ2v) is 6.63. The molecule has 1 unspecified atom stereocenters. The lowest BCUT2D eigenvalue weighted by atomic mass is 10.1. The van der Waals surface area contributed by atoms with E-state index in [-0.39, 0.29) is 10.5 Å². The van der Waals surface area contributed by atoms with Gasteiger partial charge in [-0.2, -0.15) is 21.6 Å². The standard InChI is InChI=1S/C16H15F3O4S/c1-11-3-9-14(10-4-11)24(20,21)23-15(16(17,18)19)12-5-7-13(22-2)8-6-12/h3-10,15H,1-2H3. The van der Waals surface area contributed by atoms with E-state index in [0.29, 0.717) is 5.75 Å². The maximum atomic E-state index is 13.3. The summed E-state index contributed by atoms with van der Waals surface area (Å²) in [6, 6.07) is 10.2. The smallest absolute Gasteiger partial charge is 0.420 e. The largest absolute Gasteiger partial charge is 0.497 e. The molecular weight excluding hydrogens is 345 g/mol. The van der Waals surface area contributed by atoms with Gasteiger partial charge in [-0.1, -0.05) is 29.8 Å². The Balaban J connectivity index is 2.36. The molecule has 0 aliphatic carbocycles. The minimum atomic E-state index is -4.90. The van der Waals surface area contributed by atoms with Crippen molar-refractivity contribution in [3.63, 3.8) is 0 Å². The Labute approximate surface area is 138 Å². The summed E-state index contributed by atoms with van der Waals surface area (Å²) < 4.78 is 73.5. The summed E-state index contributed by atoms with van der Waals surface area (Å²) in [4.78, 5) is -0.337. The fraction of sp³-hybridized carbons (Fsp3) is 0.250. The van der Waals surface area contributed by atoms with Crippen LogP contribution in [-0.2, 0) is 14.3 Å². The molecule has 2 rings (SSSR count). The molecule has 0 aliphatic rings. The summed E-state index contributed by atoms with van der Waals surface area (Å²) in [5.41, 5.74) is 0.440. The van der Waals surface area contributed by atoms with Crippen molar-refractivity contribution >= 4 is 10.1 Å². The number of hydrogen-bond donors (Lipinski definition) is 0. The van der Waals surface area contributed by atoms with E-state index in [1.54, 1.807) is 6.92 Å². The normalized spacial score (nSPS) is 13.5. The van der Waals surface area contributed by atoms with Crippen LogP contribution in [0.1, 0.15) is 17.2 Å². The molecule has 0 spiro atoms. The number of ether oxygens (including phenoxy) is 1. The van der Waals surface area contributed by atoms with Gasteiger partial charge in [-0.25, -0.2) is 4.18 Å². The van der Waals surface area contributed by atoms with E-state index >= 15 is 0 Å². The van der Waals surface area contributed by atoms with E-state index in [1.165, 1.54) is 43.5 Å². The van der Waals surface area contributed by atoms with Gasteiger partial charge in [-0.3, -0.25) is 0 Å². The van der Waals surface area contributed by atoms with Gasteiger partial charge < -0.3 is 4.74 Å². The maximum absolute atomic E-state index is 13.3. The van der Waals surface area contributed by atoms with Gasteiger partial charge in [0.2, 0.25) is 0 Å². The number of methoxy groups -OCH3 is 1. The van der Waals surface area contributed by atoms with Crippen LogP contribution < -0.4 is 4.74 Å². The molecule has 8 heteroatoms. The van der Waals surface area contributed by atoms with Crippen molar-refractivity contribution in [1.29, 1.82) is 0 Å². The molecule has 0 saturated heterocycles. The minimum Gasteiger partial charge on any atom is -0.497 e. The molecule has 0 heterocycles. The third-order valence-corrected chi connectivity index (χ3v) is 4.54. The Morgan fingerprint density at radius 2 is 1.50 bits per heavy atom. The fourth-order valence-electron chi connectivity index (χ4n) is 1.96. The summed E-state index contributed by atoms with van der Waals surface area (Å²) >= 11 is 0. The van der Waals surface area contributed by atoms with E-state index in [1.807, 2.05) is 0 Å². The first kappa shape index (κ1) is 18.3. The summed E-state index contributed by atoms with van der Waals surface area (Å²) in [5, 5.41) is 0. The van der Waals surface area contributed by atoms with Gasteiger partial charge >= 0.3 is 6.18 Å². The van der Waals surface area contributed by atoms with Gasteiger partial charge in [0.1, 0.15) is 5.75 Å². The van der Waals surface area contributed by atoms with E-state index < -0.39 is 22.4 Å². The summed E-state index contributed by atoms with van der Waals surface area (Å²) in [5.74, 6) is 0.348. The van der Waals surface area contributed by atoms with Crippen LogP contribution in [0.3, 0.4) is 0 Å². The van der Waals surface area contributed by atoms with E-state index in [4.69, 9.17) is 4.74 Å². The van der Waals surface area contributed by atoms with Crippen molar-refractivity contribution < 1.29 is 30.5 Å². The molecule has 0 saturated carbocycles. The fourth-order valence-corrected chi connectivity index (χ4v) is 3.02. The Morgan fingerprint density at radius 3 is 1.96 bits per heavy atom. The number of rotatable bonds is 5. The molecule has 0 radical (unpaired) electrons. The number of halogens is 3. The van der Waals surface area contributed by atoms with Crippen molar-refractivity contribution in [2.45, 2.75) is 24.1 Å². The highest BCUT2D eigenvalue weighted by molar-refractivity contribution is 7.86. The number of benzene rings is 2. The SMILES string of the molecule is COc1ccc(C(OS(=O)(=O)c2ccc(C)cc2)C(F)(F)F)cc1. The first-order chi connectivity index (χ1) is 11.1. The lowest BCUT2D eigenvalue weighted by Crippen LogP contribution is -2.26. The predicted octanol–water partition coefficient (Wildman–Crippen LogP) is 4.01. The second kappa shape index (κ2) is 6.82. The second-order valence-electron chi connectivity index (χ2n) is 5.06. The third-order valence-electron chi connectivity index (χ3n) is 3.25. The van der Waals surface area contributed by atoms with Crippen molar-refractivity contribution in [3.05, 3.63) is 59.7 Å². The zero-order valence-corrected chi connectivity index (χ0v) is 13.7. The summed E-state index contributed by atoms with van der Waals surface area (Å²) in [7, 11) is -3.20. The van der Waals surface area contributed by atoms with Crippen LogP contribution in [0.5, 0.6) is 5.75 Å². The monoisotopic (exact) mass is 360 g/mol. The summed E-state index contributed by atoms with van der Waals surface area (Å²) in [6.07, 6.45) is -7.50. The van der Waals surface area contributed by atoms with Crippen LogP contribution in [0.15, 0.2) is 53.4 Å². The van der Waals surface area contributed by atoms with E-state index in [9.17, 15) is 21.6 Å². The first-order valence-electron chi connectivity index (χ1n) is 6.84. The lowest BCUT2D eigenvalue weighted by molar-refractivity contribution is -0.196. The summed E-state index contributed by atoms with van der Waals surface area (Å²) in [6.45, 7) is 1.73. The molecule has 0 bridgehead atoms. The molecule has 130 valence electrons. The van der Waals surface area contributed by atoms with Gasteiger partial charge in [-0.05, 0) is 36.8 Å². The number of alkyl halides is 3. The molecule has 0 N–H and O–H groups in total. The van der Waals surface area contributed by atoms with Crippen LogP contribution in [0.4, 0.5) is 13.2 Å². The maximum Gasteiger partial charge on any atom is 0.420 e. The molecular formula is C16H15F3O4S. The lowest BCUT2D eigenvalue weighted by Gasteiger charge is -2.21. The quantitative estimate of drug-likeness (QED) is 0.756. The van der Waals surface area contributed by atoms with Crippen molar-refractivity contribution in [1.82, 2.24) is 0 Å². The van der Waals surface area contributed by atoms with Gasteiger partial charge in [-0.15, -0.1) is 0 Å². The van der Waals surface area contributed by atoms with E-state index in [2.05, 4.69) is 4.18 Å². The highest BCUT2D eigenvalue weighted by Crippen LogP contribution is 2.38. The number of aryl methyl sites for hydroxylation is 1. The molecule has 0 aromatic heterocycles. The molecule has 0 fully saturated rings. The van der Waals surface area contributed by atoms with Crippen LogP contribution >= 0.6 is 0 Å². The number of hydrogen-bond acceptors (Lipinski definition) is 4. The van der Waals surface area contributed by atoms with Gasteiger partial charge in [0.15, 0.2) is 6.10 Å². The molecule has 2 aromatic rings. The van der Waals surface area contributed by atoms with Crippen LogP contribution in [-0.4, -0.2) is 21.7 Å². The highest BCUT2D eigenvalue weighted by atomic mass is 32.2. The molecule has 24 heavy (non-hydrogen) atoms. The van der Waals surface area contributed by atoms with Gasteiger partial charge in [0, 0.05) is 0 Å². The topological polar surface area (TPSA) is 52.6 Å². The Hall–Kier alpha value is -2.06. The Morgan fingerprint density at radius 1 is 0.958 bits per heavy atom. The predicted molar refractivity (Wildman–Crippen MR) is 81.2 cm³/mol.